The molecule has 0 fully saturated rings. The molecule has 1 aliphatic rings. The summed E-state index contributed by atoms with van der Waals surface area (Å²) in [6.45, 7) is 3.20. The molecule has 6 heteroatoms. The van der Waals surface area contributed by atoms with Crippen molar-refractivity contribution in [3.8, 4) is 5.75 Å². The first kappa shape index (κ1) is 11.5. The zero-order valence-corrected chi connectivity index (χ0v) is 11.7. The van der Waals surface area contributed by atoms with E-state index in [4.69, 9.17) is 4.74 Å². The topological polar surface area (TPSA) is 58.2 Å². The molecule has 0 bridgehead atoms. The second-order valence-electron chi connectivity index (χ2n) is 4.35. The maximum atomic E-state index is 12.0. The van der Waals surface area contributed by atoms with Gasteiger partial charge in [0.25, 0.3) is 5.56 Å². The van der Waals surface area contributed by atoms with Crippen molar-refractivity contribution in [3.63, 3.8) is 0 Å². The van der Waals surface area contributed by atoms with Crippen molar-refractivity contribution in [1.29, 1.82) is 0 Å². The number of aromatic amines is 1. The number of H-pyrrole nitrogens is 1. The van der Waals surface area contributed by atoms with Crippen molar-refractivity contribution in [3.05, 3.63) is 26.7 Å². The van der Waals surface area contributed by atoms with Crippen molar-refractivity contribution in [2.75, 3.05) is 25.1 Å². The molecular weight excluding hydrogens is 298 g/mol. The van der Waals surface area contributed by atoms with Gasteiger partial charge in [-0.05, 0) is 28.9 Å². The summed E-state index contributed by atoms with van der Waals surface area (Å²) < 4.78 is 6.46. The minimum atomic E-state index is -0.125. The van der Waals surface area contributed by atoms with Crippen LogP contribution in [0, 0.1) is 6.92 Å². The first-order chi connectivity index (χ1) is 8.58. The van der Waals surface area contributed by atoms with E-state index in [1.54, 1.807) is 13.0 Å². The van der Waals surface area contributed by atoms with E-state index in [2.05, 4.69) is 30.8 Å². The molecule has 0 saturated carbocycles. The predicted molar refractivity (Wildman–Crippen MR) is 73.6 cm³/mol. The molecule has 94 valence electrons. The van der Waals surface area contributed by atoms with E-state index in [1.165, 1.54) is 0 Å². The number of likely N-dealkylation sites (N-methyl/N-ethyl adjacent to an activating group) is 1. The summed E-state index contributed by atoms with van der Waals surface area (Å²) >= 11 is 3.45. The normalized spacial score (nSPS) is 14.5. The molecule has 0 saturated heterocycles. The summed E-state index contributed by atoms with van der Waals surface area (Å²) in [6.07, 6.45) is 0. The molecule has 1 N–H and O–H groups in total. The summed E-state index contributed by atoms with van der Waals surface area (Å²) in [5.41, 5.74) is 1.44. The highest BCUT2D eigenvalue weighted by Crippen LogP contribution is 2.41. The van der Waals surface area contributed by atoms with Crippen LogP contribution in [0.1, 0.15) is 5.82 Å². The van der Waals surface area contributed by atoms with Crippen LogP contribution in [0.2, 0.25) is 0 Å². The Kier molecular flexibility index (Phi) is 2.55. The smallest absolute Gasteiger partial charge is 0.258 e. The fraction of sp³-hybridized carbons (Fsp3) is 0.333. The van der Waals surface area contributed by atoms with Crippen LogP contribution >= 0.6 is 15.9 Å². The Morgan fingerprint density at radius 2 is 2.33 bits per heavy atom. The minimum absolute atomic E-state index is 0.125. The van der Waals surface area contributed by atoms with Crippen LogP contribution < -0.4 is 15.2 Å². The minimum Gasteiger partial charge on any atom is -0.488 e. The molecule has 1 aromatic heterocycles. The van der Waals surface area contributed by atoms with E-state index in [1.807, 2.05) is 7.05 Å². The number of rotatable bonds is 0. The number of hydrogen-bond donors (Lipinski definition) is 1. The molecule has 1 aliphatic heterocycles. The molecule has 0 spiro atoms. The largest absolute Gasteiger partial charge is 0.488 e. The van der Waals surface area contributed by atoms with Crippen molar-refractivity contribution in [1.82, 2.24) is 9.97 Å². The zero-order valence-electron chi connectivity index (χ0n) is 10.1. The van der Waals surface area contributed by atoms with Crippen molar-refractivity contribution >= 4 is 32.5 Å². The summed E-state index contributed by atoms with van der Waals surface area (Å²) in [5, 5.41) is 0.573. The highest BCUT2D eigenvalue weighted by Gasteiger charge is 2.23. The van der Waals surface area contributed by atoms with Gasteiger partial charge in [0, 0.05) is 7.05 Å². The number of nitrogens with zero attached hydrogens (tertiary/aromatic N) is 2. The van der Waals surface area contributed by atoms with Crippen LogP contribution in [-0.4, -0.2) is 30.2 Å². The Morgan fingerprint density at radius 3 is 3.11 bits per heavy atom. The Labute approximate surface area is 112 Å². The number of hydrogen-bond acceptors (Lipinski definition) is 4. The number of benzene rings is 1. The number of ether oxygens (including phenoxy) is 1. The monoisotopic (exact) mass is 309 g/mol. The van der Waals surface area contributed by atoms with E-state index >= 15 is 0 Å². The van der Waals surface area contributed by atoms with Crippen LogP contribution in [-0.2, 0) is 0 Å². The first-order valence-electron chi connectivity index (χ1n) is 5.65. The highest BCUT2D eigenvalue weighted by molar-refractivity contribution is 9.10. The molecular formula is C12H12BrN3O2. The van der Waals surface area contributed by atoms with Gasteiger partial charge in [-0.25, -0.2) is 4.98 Å². The third-order valence-corrected chi connectivity index (χ3v) is 3.64. The molecule has 0 amide bonds. The highest BCUT2D eigenvalue weighted by atomic mass is 79.9. The fourth-order valence-corrected chi connectivity index (χ4v) is 2.74. The standard InChI is InChI=1S/C12H12BrN3O2/c1-6-14-9-7(12(17)15-6)5-8(13)11-10(9)16(2)3-4-18-11/h5H,3-4H2,1-2H3,(H,14,15,17). The van der Waals surface area contributed by atoms with E-state index in [0.717, 1.165) is 22.5 Å². The van der Waals surface area contributed by atoms with E-state index < -0.39 is 0 Å². The molecule has 0 unspecified atom stereocenters. The molecule has 5 nitrogen and oxygen atoms in total. The van der Waals surface area contributed by atoms with E-state index in [-0.39, 0.29) is 5.56 Å². The first-order valence-corrected chi connectivity index (χ1v) is 6.44. The van der Waals surface area contributed by atoms with Gasteiger partial charge in [-0.3, -0.25) is 4.79 Å². The van der Waals surface area contributed by atoms with Gasteiger partial charge in [-0.2, -0.15) is 0 Å². The molecule has 0 radical (unpaired) electrons. The third kappa shape index (κ3) is 1.59. The van der Waals surface area contributed by atoms with Crippen LogP contribution in [0.15, 0.2) is 15.3 Å². The Bertz CT molecular complexity index is 696. The van der Waals surface area contributed by atoms with Gasteiger partial charge in [-0.1, -0.05) is 0 Å². The van der Waals surface area contributed by atoms with Crippen molar-refractivity contribution in [2.45, 2.75) is 6.92 Å². The second kappa shape index (κ2) is 3.98. The Hall–Kier alpha value is -1.56. The lowest BCUT2D eigenvalue weighted by molar-refractivity contribution is 0.310. The van der Waals surface area contributed by atoms with E-state index in [0.29, 0.717) is 23.3 Å². The lowest BCUT2D eigenvalue weighted by Crippen LogP contribution is -2.30. The van der Waals surface area contributed by atoms with E-state index in [9.17, 15) is 4.79 Å². The van der Waals surface area contributed by atoms with Gasteiger partial charge in [0.2, 0.25) is 0 Å². The van der Waals surface area contributed by atoms with Gasteiger partial charge in [0.05, 0.1) is 16.4 Å². The SMILES string of the molecule is Cc1nc2c3c(c(Br)cc2c(=O)[nH]1)OCCN3C. The average Bonchev–Trinajstić information content (AvgIpc) is 2.31. The fourth-order valence-electron chi connectivity index (χ4n) is 2.21. The number of aryl methyl sites for hydroxylation is 1. The lowest BCUT2D eigenvalue weighted by Gasteiger charge is -2.29. The zero-order chi connectivity index (χ0) is 12.9. The Balaban J connectivity index is 2.49. The molecule has 0 aliphatic carbocycles. The number of anilines is 1. The number of halogens is 1. The summed E-state index contributed by atoms with van der Waals surface area (Å²) in [4.78, 5) is 21.2. The number of nitrogens with one attached hydrogen (secondary N) is 1. The number of aromatic nitrogens is 2. The van der Waals surface area contributed by atoms with Gasteiger partial charge < -0.3 is 14.6 Å². The maximum Gasteiger partial charge on any atom is 0.258 e. The van der Waals surface area contributed by atoms with Crippen molar-refractivity contribution < 1.29 is 4.74 Å². The Morgan fingerprint density at radius 1 is 1.56 bits per heavy atom. The molecule has 3 rings (SSSR count). The van der Waals surface area contributed by atoms with Gasteiger partial charge in [0.15, 0.2) is 5.75 Å². The summed E-state index contributed by atoms with van der Waals surface area (Å²) in [6, 6.07) is 1.76. The second-order valence-corrected chi connectivity index (χ2v) is 5.21. The van der Waals surface area contributed by atoms with Gasteiger partial charge in [0.1, 0.15) is 23.6 Å². The third-order valence-electron chi connectivity index (χ3n) is 3.06. The molecule has 1 aromatic carbocycles. The molecule has 18 heavy (non-hydrogen) atoms. The number of fused-ring (bicyclic) bond motifs is 3. The maximum absolute atomic E-state index is 12.0. The van der Waals surface area contributed by atoms with Gasteiger partial charge >= 0.3 is 0 Å². The van der Waals surface area contributed by atoms with Crippen LogP contribution in [0.5, 0.6) is 5.75 Å². The summed E-state index contributed by atoms with van der Waals surface area (Å²) in [5.74, 6) is 1.37. The molecule has 0 atom stereocenters. The molecule has 2 aromatic rings. The predicted octanol–water partition coefficient (Wildman–Crippen LogP) is 1.82. The quantitative estimate of drug-likeness (QED) is 0.806. The average molecular weight is 310 g/mol. The summed E-state index contributed by atoms with van der Waals surface area (Å²) in [7, 11) is 1.98. The molecule has 2 heterocycles. The van der Waals surface area contributed by atoms with Crippen LogP contribution in [0.3, 0.4) is 0 Å². The van der Waals surface area contributed by atoms with Crippen LogP contribution in [0.25, 0.3) is 10.9 Å². The van der Waals surface area contributed by atoms with Crippen molar-refractivity contribution in [2.24, 2.45) is 0 Å². The lowest BCUT2D eigenvalue weighted by atomic mass is 10.1. The van der Waals surface area contributed by atoms with Crippen LogP contribution in [0.4, 0.5) is 5.69 Å². The van der Waals surface area contributed by atoms with Gasteiger partial charge in [-0.15, -0.1) is 0 Å².